The number of hydrogen-bond donors (Lipinski definition) is 1. The number of hydrogen-bond acceptors (Lipinski definition) is 4. The number of aryl methyl sites for hydroxylation is 1. The summed E-state index contributed by atoms with van der Waals surface area (Å²) in [4.78, 5) is 10.3. The van der Waals surface area contributed by atoms with Crippen molar-refractivity contribution >= 4 is 21.4 Å². The van der Waals surface area contributed by atoms with Crippen LogP contribution < -0.4 is 4.72 Å². The summed E-state index contributed by atoms with van der Waals surface area (Å²) in [5, 5.41) is 11.0. The van der Waals surface area contributed by atoms with Crippen molar-refractivity contribution in [3.05, 3.63) is 63.7 Å². The molecule has 0 saturated heterocycles. The molecular weight excluding hydrogens is 304 g/mol. The van der Waals surface area contributed by atoms with E-state index in [1.165, 1.54) is 25.1 Å². The molecule has 0 spiro atoms. The van der Waals surface area contributed by atoms with Gasteiger partial charge in [0.2, 0.25) is 0 Å². The van der Waals surface area contributed by atoms with Crippen LogP contribution in [-0.4, -0.2) is 13.3 Å². The lowest BCUT2D eigenvalue weighted by atomic mass is 10.1. The molecule has 0 saturated carbocycles. The number of nitrogens with zero attached hydrogens (tertiary/aromatic N) is 1. The lowest BCUT2D eigenvalue weighted by Crippen LogP contribution is -2.15. The SMILES string of the molecule is CCc1ccccc1NS(=O)(=O)c1cccc([N+](=O)[O-])c1C. The van der Waals surface area contributed by atoms with Gasteiger partial charge in [0.1, 0.15) is 0 Å². The predicted molar refractivity (Wildman–Crippen MR) is 84.5 cm³/mol. The van der Waals surface area contributed by atoms with Crippen LogP contribution in [0.3, 0.4) is 0 Å². The molecule has 0 fully saturated rings. The van der Waals surface area contributed by atoms with Gasteiger partial charge in [-0.1, -0.05) is 31.2 Å². The number of sulfonamides is 1. The van der Waals surface area contributed by atoms with Gasteiger partial charge in [-0.15, -0.1) is 0 Å². The van der Waals surface area contributed by atoms with Crippen molar-refractivity contribution in [3.8, 4) is 0 Å². The van der Waals surface area contributed by atoms with Gasteiger partial charge in [-0.3, -0.25) is 14.8 Å². The van der Waals surface area contributed by atoms with Crippen molar-refractivity contribution in [1.29, 1.82) is 0 Å². The number of benzene rings is 2. The molecule has 0 aliphatic rings. The minimum Gasteiger partial charge on any atom is -0.279 e. The summed E-state index contributed by atoms with van der Waals surface area (Å²) in [7, 11) is -3.89. The number of anilines is 1. The standard InChI is InChI=1S/C15H16N2O4S/c1-3-12-7-4-5-8-13(12)16-22(20,21)15-10-6-9-14(11(15)2)17(18)19/h4-10,16H,3H2,1-2H3. The third-order valence-electron chi connectivity index (χ3n) is 3.38. The molecule has 0 heterocycles. The summed E-state index contributed by atoms with van der Waals surface area (Å²) >= 11 is 0. The van der Waals surface area contributed by atoms with Crippen LogP contribution in [0.25, 0.3) is 0 Å². The van der Waals surface area contributed by atoms with Gasteiger partial charge in [0.05, 0.1) is 15.5 Å². The number of rotatable bonds is 5. The Kier molecular flexibility index (Phi) is 4.46. The first kappa shape index (κ1) is 16.0. The van der Waals surface area contributed by atoms with Gasteiger partial charge in [0, 0.05) is 11.6 Å². The molecular formula is C15H16N2O4S. The van der Waals surface area contributed by atoms with E-state index in [1.807, 2.05) is 19.1 Å². The van der Waals surface area contributed by atoms with Gasteiger partial charge in [-0.25, -0.2) is 8.42 Å². The Hall–Kier alpha value is -2.41. The van der Waals surface area contributed by atoms with Crippen molar-refractivity contribution in [3.63, 3.8) is 0 Å². The van der Waals surface area contributed by atoms with Gasteiger partial charge in [-0.05, 0) is 31.0 Å². The van der Waals surface area contributed by atoms with E-state index < -0.39 is 14.9 Å². The highest BCUT2D eigenvalue weighted by atomic mass is 32.2. The average molecular weight is 320 g/mol. The molecule has 0 atom stereocenters. The molecule has 7 heteroatoms. The molecule has 0 aromatic heterocycles. The number of nitro groups is 1. The van der Waals surface area contributed by atoms with Crippen molar-refractivity contribution in [2.75, 3.05) is 4.72 Å². The topological polar surface area (TPSA) is 89.3 Å². The molecule has 0 unspecified atom stereocenters. The summed E-state index contributed by atoms with van der Waals surface area (Å²) < 4.78 is 27.6. The highest BCUT2D eigenvalue weighted by Gasteiger charge is 2.23. The smallest absolute Gasteiger partial charge is 0.273 e. The fourth-order valence-corrected chi connectivity index (χ4v) is 3.58. The molecule has 0 aliphatic heterocycles. The molecule has 0 aliphatic carbocycles. The van der Waals surface area contributed by atoms with Crippen molar-refractivity contribution < 1.29 is 13.3 Å². The Morgan fingerprint density at radius 1 is 1.14 bits per heavy atom. The Morgan fingerprint density at radius 3 is 2.45 bits per heavy atom. The molecule has 0 bridgehead atoms. The van der Waals surface area contributed by atoms with E-state index in [1.54, 1.807) is 12.1 Å². The third-order valence-corrected chi connectivity index (χ3v) is 4.89. The summed E-state index contributed by atoms with van der Waals surface area (Å²) in [6.45, 7) is 3.35. The molecule has 116 valence electrons. The normalized spacial score (nSPS) is 11.2. The van der Waals surface area contributed by atoms with Crippen molar-refractivity contribution in [2.45, 2.75) is 25.2 Å². The first-order valence-corrected chi connectivity index (χ1v) is 8.20. The largest absolute Gasteiger partial charge is 0.279 e. The van der Waals surface area contributed by atoms with Gasteiger partial charge >= 0.3 is 0 Å². The van der Waals surface area contributed by atoms with Gasteiger partial charge in [0.15, 0.2) is 0 Å². The Labute approximate surface area is 129 Å². The fourth-order valence-electron chi connectivity index (χ4n) is 2.22. The zero-order chi connectivity index (χ0) is 16.3. The van der Waals surface area contributed by atoms with E-state index >= 15 is 0 Å². The highest BCUT2D eigenvalue weighted by molar-refractivity contribution is 7.92. The van der Waals surface area contributed by atoms with E-state index in [0.717, 1.165) is 5.56 Å². The summed E-state index contributed by atoms with van der Waals surface area (Å²) in [6, 6.07) is 11.1. The van der Waals surface area contributed by atoms with Crippen LogP contribution in [0.5, 0.6) is 0 Å². The van der Waals surface area contributed by atoms with Crippen LogP contribution in [0.1, 0.15) is 18.1 Å². The van der Waals surface area contributed by atoms with Crippen LogP contribution in [-0.2, 0) is 16.4 Å². The molecule has 2 aromatic rings. The predicted octanol–water partition coefficient (Wildman–Crippen LogP) is 3.27. The number of nitrogens with one attached hydrogen (secondary N) is 1. The summed E-state index contributed by atoms with van der Waals surface area (Å²) in [5.41, 5.74) is 1.24. The Morgan fingerprint density at radius 2 is 1.82 bits per heavy atom. The van der Waals surface area contributed by atoms with Gasteiger partial charge in [0.25, 0.3) is 15.7 Å². The van der Waals surface area contributed by atoms with E-state index in [-0.39, 0.29) is 16.1 Å². The van der Waals surface area contributed by atoms with E-state index in [4.69, 9.17) is 0 Å². The maximum Gasteiger partial charge on any atom is 0.273 e. The number of para-hydroxylation sites is 1. The molecule has 0 amide bonds. The van der Waals surface area contributed by atoms with Crippen molar-refractivity contribution in [1.82, 2.24) is 0 Å². The second-order valence-corrected chi connectivity index (χ2v) is 6.42. The van der Waals surface area contributed by atoms with Crippen LogP contribution in [0, 0.1) is 17.0 Å². The van der Waals surface area contributed by atoms with E-state index in [9.17, 15) is 18.5 Å². The third kappa shape index (κ3) is 3.09. The van der Waals surface area contributed by atoms with Crippen LogP contribution in [0.15, 0.2) is 47.4 Å². The van der Waals surface area contributed by atoms with Crippen LogP contribution in [0.4, 0.5) is 11.4 Å². The van der Waals surface area contributed by atoms with Gasteiger partial charge in [-0.2, -0.15) is 0 Å². The molecule has 2 rings (SSSR count). The first-order valence-electron chi connectivity index (χ1n) is 6.71. The van der Waals surface area contributed by atoms with E-state index in [0.29, 0.717) is 12.1 Å². The quantitative estimate of drug-likeness (QED) is 0.676. The Balaban J connectivity index is 2.48. The molecule has 0 radical (unpaired) electrons. The number of nitro benzene ring substituents is 1. The van der Waals surface area contributed by atoms with E-state index in [2.05, 4.69) is 4.72 Å². The Bertz CT molecular complexity index is 816. The van der Waals surface area contributed by atoms with Crippen molar-refractivity contribution in [2.24, 2.45) is 0 Å². The monoisotopic (exact) mass is 320 g/mol. The maximum atomic E-state index is 12.5. The van der Waals surface area contributed by atoms with Crippen LogP contribution in [0.2, 0.25) is 0 Å². The zero-order valence-electron chi connectivity index (χ0n) is 12.2. The minimum absolute atomic E-state index is 0.0902. The lowest BCUT2D eigenvalue weighted by molar-refractivity contribution is -0.385. The second-order valence-electron chi connectivity index (χ2n) is 4.77. The summed E-state index contributed by atoms with van der Waals surface area (Å²) in [6.07, 6.45) is 0.673. The lowest BCUT2D eigenvalue weighted by Gasteiger charge is -2.13. The molecule has 22 heavy (non-hydrogen) atoms. The minimum atomic E-state index is -3.89. The average Bonchev–Trinajstić information content (AvgIpc) is 2.47. The zero-order valence-corrected chi connectivity index (χ0v) is 13.1. The molecule has 1 N–H and O–H groups in total. The second kappa shape index (κ2) is 6.15. The summed E-state index contributed by atoms with van der Waals surface area (Å²) in [5.74, 6) is 0. The maximum absolute atomic E-state index is 12.5. The first-order chi connectivity index (χ1) is 10.4. The fraction of sp³-hybridized carbons (Fsp3) is 0.200. The molecule has 2 aromatic carbocycles. The van der Waals surface area contributed by atoms with Crippen LogP contribution >= 0.6 is 0 Å². The highest BCUT2D eigenvalue weighted by Crippen LogP contribution is 2.27. The molecule has 6 nitrogen and oxygen atoms in total. The van der Waals surface area contributed by atoms with Gasteiger partial charge < -0.3 is 0 Å².